The second-order valence-corrected chi connectivity index (χ2v) is 9.10. The van der Waals surface area contributed by atoms with Crippen LogP contribution in [0, 0.1) is 23.7 Å². The van der Waals surface area contributed by atoms with Gasteiger partial charge < -0.3 is 4.90 Å². The van der Waals surface area contributed by atoms with Gasteiger partial charge in [0.25, 0.3) is 0 Å². The molecule has 132 valence electrons. The van der Waals surface area contributed by atoms with Gasteiger partial charge in [-0.1, -0.05) is 39.0 Å². The quantitative estimate of drug-likeness (QED) is 0.839. The van der Waals surface area contributed by atoms with Crippen molar-refractivity contribution >= 4 is 5.78 Å². The number of rotatable bonds is 4. The van der Waals surface area contributed by atoms with E-state index in [0.29, 0.717) is 17.7 Å². The number of quaternary nitrogens is 1. The summed E-state index contributed by atoms with van der Waals surface area (Å²) in [5, 5.41) is 0. The lowest BCUT2D eigenvalue weighted by Crippen LogP contribution is -3.17. The average Bonchev–Trinajstić information content (AvgIpc) is 2.59. The summed E-state index contributed by atoms with van der Waals surface area (Å²) in [4.78, 5) is 14.4. The number of hydrogen-bond acceptors (Lipinski definition) is 1. The molecule has 3 aliphatic rings. The highest BCUT2D eigenvalue weighted by molar-refractivity contribution is 5.82. The molecule has 3 rings (SSSR count). The van der Waals surface area contributed by atoms with E-state index >= 15 is 0 Å². The van der Waals surface area contributed by atoms with Gasteiger partial charge in [-0.3, -0.25) is 4.79 Å². The molecule has 1 heterocycles. The van der Waals surface area contributed by atoms with Crippen molar-refractivity contribution < 1.29 is 9.69 Å². The molecule has 0 amide bonds. The Hall–Kier alpha value is -0.370. The van der Waals surface area contributed by atoms with Gasteiger partial charge in [-0.05, 0) is 57.3 Å². The van der Waals surface area contributed by atoms with Crippen LogP contribution in [0.2, 0.25) is 0 Å². The number of carbonyl (C=O) groups is 1. The molecule has 0 spiro atoms. The second-order valence-electron chi connectivity index (χ2n) is 9.10. The maximum absolute atomic E-state index is 12.8. The van der Waals surface area contributed by atoms with Gasteiger partial charge in [-0.15, -0.1) is 0 Å². The Kier molecular flexibility index (Phi) is 6.18. The standard InChI is InChI=1S/C21H37NO/c1-16-8-9-17(2)22(14-16)15-21(23)20-12-10-19(11-13-20)18-6-4-3-5-7-18/h16-20H,3-15H2,1-2H3/p+1. The highest BCUT2D eigenvalue weighted by atomic mass is 16.1. The zero-order chi connectivity index (χ0) is 16.2. The average molecular weight is 321 g/mol. The van der Waals surface area contributed by atoms with Crippen LogP contribution in [0.15, 0.2) is 0 Å². The molecule has 1 saturated heterocycles. The minimum absolute atomic E-state index is 0.395. The van der Waals surface area contributed by atoms with Crippen LogP contribution in [0.1, 0.15) is 84.5 Å². The van der Waals surface area contributed by atoms with E-state index in [1.165, 1.54) is 77.2 Å². The topological polar surface area (TPSA) is 21.5 Å². The lowest BCUT2D eigenvalue weighted by atomic mass is 9.70. The van der Waals surface area contributed by atoms with Gasteiger partial charge in [0, 0.05) is 11.8 Å². The van der Waals surface area contributed by atoms with Gasteiger partial charge in [0.2, 0.25) is 0 Å². The van der Waals surface area contributed by atoms with E-state index in [-0.39, 0.29) is 0 Å². The fraction of sp³-hybridized carbons (Fsp3) is 0.952. The lowest BCUT2D eigenvalue weighted by Gasteiger charge is -2.37. The zero-order valence-corrected chi connectivity index (χ0v) is 15.5. The first kappa shape index (κ1) is 17.5. The molecule has 2 heteroatoms. The molecule has 0 aromatic rings. The van der Waals surface area contributed by atoms with Gasteiger partial charge >= 0.3 is 0 Å². The molecular formula is C21H38NO+. The molecule has 0 bridgehead atoms. The summed E-state index contributed by atoms with van der Waals surface area (Å²) < 4.78 is 0. The Morgan fingerprint density at radius 3 is 2.17 bits per heavy atom. The SMILES string of the molecule is CC1CCC(C)[NH+](CC(=O)C2CCC(C3CCCCC3)CC2)C1. The second kappa shape index (κ2) is 8.14. The molecule has 0 radical (unpaired) electrons. The van der Waals surface area contributed by atoms with Gasteiger partial charge in [-0.25, -0.2) is 0 Å². The summed E-state index contributed by atoms with van der Waals surface area (Å²) in [6.45, 7) is 6.72. The van der Waals surface area contributed by atoms with E-state index in [1.807, 2.05) is 0 Å². The van der Waals surface area contributed by atoms with Crippen LogP contribution in [-0.4, -0.2) is 24.9 Å². The summed E-state index contributed by atoms with van der Waals surface area (Å²) >= 11 is 0. The molecule has 1 N–H and O–H groups in total. The number of nitrogens with one attached hydrogen (secondary N) is 1. The predicted octanol–water partition coefficient (Wildman–Crippen LogP) is 3.65. The summed E-state index contributed by atoms with van der Waals surface area (Å²) in [6, 6.07) is 0.689. The van der Waals surface area contributed by atoms with Crippen LogP contribution < -0.4 is 4.90 Å². The number of ketones is 1. The van der Waals surface area contributed by atoms with Crippen molar-refractivity contribution in [2.75, 3.05) is 13.1 Å². The molecule has 3 fully saturated rings. The van der Waals surface area contributed by atoms with E-state index in [2.05, 4.69) is 13.8 Å². The summed E-state index contributed by atoms with van der Waals surface area (Å²) in [5.74, 6) is 3.72. The van der Waals surface area contributed by atoms with E-state index in [4.69, 9.17) is 0 Å². The van der Waals surface area contributed by atoms with Crippen LogP contribution in [0.3, 0.4) is 0 Å². The highest BCUT2D eigenvalue weighted by Crippen LogP contribution is 2.40. The Morgan fingerprint density at radius 2 is 1.48 bits per heavy atom. The monoisotopic (exact) mass is 320 g/mol. The number of piperidine rings is 1. The molecule has 2 saturated carbocycles. The molecule has 2 nitrogen and oxygen atoms in total. The van der Waals surface area contributed by atoms with Gasteiger partial charge in [0.15, 0.2) is 5.78 Å². The van der Waals surface area contributed by atoms with E-state index in [9.17, 15) is 4.79 Å². The fourth-order valence-electron chi connectivity index (χ4n) is 5.62. The number of likely N-dealkylation sites (tertiary alicyclic amines) is 1. The molecule has 0 aromatic carbocycles. The van der Waals surface area contributed by atoms with Crippen molar-refractivity contribution in [2.24, 2.45) is 23.7 Å². The fourth-order valence-corrected chi connectivity index (χ4v) is 5.62. The molecular weight excluding hydrogens is 282 g/mol. The van der Waals surface area contributed by atoms with Crippen LogP contribution >= 0.6 is 0 Å². The van der Waals surface area contributed by atoms with E-state index in [0.717, 1.165) is 24.3 Å². The Bertz CT molecular complexity index is 379. The van der Waals surface area contributed by atoms with Gasteiger partial charge in [0.05, 0.1) is 12.6 Å². The molecule has 3 atom stereocenters. The third-order valence-electron chi connectivity index (χ3n) is 7.35. The maximum atomic E-state index is 12.8. The number of Topliss-reactive ketones (excluding diaryl/α,β-unsaturated/α-hetero) is 1. The van der Waals surface area contributed by atoms with E-state index in [1.54, 1.807) is 4.90 Å². The molecule has 1 aliphatic heterocycles. The van der Waals surface area contributed by atoms with E-state index < -0.39 is 0 Å². The smallest absolute Gasteiger partial charge is 0.189 e. The van der Waals surface area contributed by atoms with Crippen LogP contribution in [0.5, 0.6) is 0 Å². The summed E-state index contributed by atoms with van der Waals surface area (Å²) in [5.41, 5.74) is 0. The first-order valence-corrected chi connectivity index (χ1v) is 10.5. The normalized spacial score (nSPS) is 40.0. The Morgan fingerprint density at radius 1 is 0.826 bits per heavy atom. The maximum Gasteiger partial charge on any atom is 0.189 e. The lowest BCUT2D eigenvalue weighted by molar-refractivity contribution is -0.924. The zero-order valence-electron chi connectivity index (χ0n) is 15.5. The first-order valence-electron chi connectivity index (χ1n) is 10.5. The third-order valence-corrected chi connectivity index (χ3v) is 7.35. The minimum atomic E-state index is 0.395. The van der Waals surface area contributed by atoms with Crippen LogP contribution in [-0.2, 0) is 4.79 Å². The van der Waals surface area contributed by atoms with Crippen LogP contribution in [0.25, 0.3) is 0 Å². The summed E-state index contributed by atoms with van der Waals surface area (Å²) in [7, 11) is 0. The largest absolute Gasteiger partial charge is 0.326 e. The van der Waals surface area contributed by atoms with Crippen molar-refractivity contribution in [3.63, 3.8) is 0 Å². The molecule has 0 aromatic heterocycles. The predicted molar refractivity (Wildman–Crippen MR) is 95.6 cm³/mol. The minimum Gasteiger partial charge on any atom is -0.326 e. The van der Waals surface area contributed by atoms with Crippen molar-refractivity contribution in [2.45, 2.75) is 90.5 Å². The third kappa shape index (κ3) is 4.59. The number of hydrogen-bond donors (Lipinski definition) is 1. The van der Waals surface area contributed by atoms with Crippen LogP contribution in [0.4, 0.5) is 0 Å². The van der Waals surface area contributed by atoms with Crippen molar-refractivity contribution in [3.8, 4) is 0 Å². The van der Waals surface area contributed by atoms with Crippen molar-refractivity contribution in [3.05, 3.63) is 0 Å². The summed E-state index contributed by atoms with van der Waals surface area (Å²) in [6.07, 6.45) is 15.0. The van der Waals surface area contributed by atoms with Gasteiger partial charge in [-0.2, -0.15) is 0 Å². The molecule has 3 unspecified atom stereocenters. The van der Waals surface area contributed by atoms with Crippen molar-refractivity contribution in [1.29, 1.82) is 0 Å². The molecule has 2 aliphatic carbocycles. The Balaban J connectivity index is 1.44. The number of carbonyl (C=O) groups excluding carboxylic acids is 1. The Labute approximate surface area is 143 Å². The van der Waals surface area contributed by atoms with Crippen molar-refractivity contribution in [1.82, 2.24) is 0 Å². The molecule has 23 heavy (non-hydrogen) atoms. The van der Waals surface area contributed by atoms with Gasteiger partial charge in [0.1, 0.15) is 6.54 Å². The first-order chi connectivity index (χ1) is 11.1. The highest BCUT2D eigenvalue weighted by Gasteiger charge is 2.34.